The molecule has 2 rings (SSSR count). The number of nitrogens with zero attached hydrogens (tertiary/aromatic N) is 2. The molecule has 13 heavy (non-hydrogen) atoms. The van der Waals surface area contributed by atoms with Crippen molar-refractivity contribution in [1.29, 1.82) is 0 Å². The van der Waals surface area contributed by atoms with Gasteiger partial charge in [0.1, 0.15) is 5.01 Å². The monoisotopic (exact) mass is 196 g/mol. The van der Waals surface area contributed by atoms with Crippen LogP contribution in [0, 0.1) is 0 Å². The van der Waals surface area contributed by atoms with Crippen LogP contribution in [0.5, 0.6) is 0 Å². The lowest BCUT2D eigenvalue weighted by Gasteiger charge is -2.12. The van der Waals surface area contributed by atoms with Crippen LogP contribution in [-0.4, -0.2) is 16.9 Å². The van der Waals surface area contributed by atoms with Gasteiger partial charge in [-0.15, -0.1) is 11.3 Å². The highest BCUT2D eigenvalue weighted by molar-refractivity contribution is 7.09. The Morgan fingerprint density at radius 1 is 1.69 bits per heavy atom. The topological polar surface area (TPSA) is 80.4 Å². The minimum Gasteiger partial charge on any atom is -0.370 e. The van der Waals surface area contributed by atoms with E-state index >= 15 is 0 Å². The number of hydrogen-bond acceptors (Lipinski definition) is 5. The maximum Gasteiger partial charge on any atom is 0.261 e. The van der Waals surface area contributed by atoms with Gasteiger partial charge >= 0.3 is 0 Å². The Labute approximate surface area is 78.7 Å². The first-order valence-corrected chi connectivity index (χ1v) is 4.57. The third-order valence-electron chi connectivity index (χ3n) is 1.88. The molecule has 5 nitrogen and oxygen atoms in total. The van der Waals surface area contributed by atoms with Crippen LogP contribution < -0.4 is 11.1 Å². The van der Waals surface area contributed by atoms with Crippen molar-refractivity contribution in [2.75, 3.05) is 0 Å². The summed E-state index contributed by atoms with van der Waals surface area (Å²) in [6, 6.07) is 0. The second kappa shape index (κ2) is 2.53. The Morgan fingerprint density at radius 3 is 2.92 bits per heavy atom. The largest absolute Gasteiger partial charge is 0.370 e. The number of nitrogens with one attached hydrogen (secondary N) is 1. The van der Waals surface area contributed by atoms with E-state index in [0.717, 1.165) is 0 Å². The van der Waals surface area contributed by atoms with Gasteiger partial charge in [-0.3, -0.25) is 10.1 Å². The fourth-order valence-electron chi connectivity index (χ4n) is 1.17. The molecule has 0 aliphatic carbocycles. The zero-order valence-electron chi connectivity index (χ0n) is 6.94. The minimum absolute atomic E-state index is 0.155. The van der Waals surface area contributed by atoms with Crippen LogP contribution in [0.25, 0.3) is 0 Å². The Hall–Kier alpha value is -1.43. The smallest absolute Gasteiger partial charge is 0.261 e. The summed E-state index contributed by atoms with van der Waals surface area (Å²) in [7, 11) is 0. The number of carbonyl (C=O) groups excluding carboxylic acids is 1. The minimum atomic E-state index is -0.932. The molecule has 1 amide bonds. The number of hydrogen-bond donors (Lipinski definition) is 2. The van der Waals surface area contributed by atoms with E-state index in [1.54, 1.807) is 18.5 Å². The first-order chi connectivity index (χ1) is 6.13. The molecule has 1 aliphatic rings. The third-order valence-corrected chi connectivity index (χ3v) is 2.86. The van der Waals surface area contributed by atoms with Crippen molar-refractivity contribution in [3.8, 4) is 0 Å². The Morgan fingerprint density at radius 2 is 2.46 bits per heavy atom. The summed E-state index contributed by atoms with van der Waals surface area (Å²) in [4.78, 5) is 19.5. The quantitative estimate of drug-likeness (QED) is 0.653. The fourth-order valence-corrected chi connectivity index (χ4v) is 1.91. The van der Waals surface area contributed by atoms with E-state index in [2.05, 4.69) is 15.3 Å². The first-order valence-electron chi connectivity index (χ1n) is 3.69. The van der Waals surface area contributed by atoms with E-state index in [1.807, 2.05) is 0 Å². The number of carbonyl (C=O) groups is 1. The van der Waals surface area contributed by atoms with Gasteiger partial charge in [-0.25, -0.2) is 9.98 Å². The molecule has 6 heteroatoms. The van der Waals surface area contributed by atoms with E-state index < -0.39 is 5.54 Å². The number of guanidine groups is 1. The van der Waals surface area contributed by atoms with Gasteiger partial charge in [0.15, 0.2) is 11.5 Å². The molecule has 68 valence electrons. The molecule has 0 spiro atoms. The average molecular weight is 196 g/mol. The molecule has 0 radical (unpaired) electrons. The molecule has 1 aromatic heterocycles. The Kier molecular flexibility index (Phi) is 1.59. The van der Waals surface area contributed by atoms with E-state index in [9.17, 15) is 4.79 Å². The summed E-state index contributed by atoms with van der Waals surface area (Å²) in [5.74, 6) is -0.0670. The van der Waals surface area contributed by atoms with E-state index in [0.29, 0.717) is 5.01 Å². The van der Waals surface area contributed by atoms with Gasteiger partial charge in [0.05, 0.1) is 0 Å². The summed E-state index contributed by atoms with van der Waals surface area (Å²) >= 11 is 1.39. The normalized spacial score (nSPS) is 27.2. The number of amides is 1. The molecule has 0 aromatic carbocycles. The Bertz CT molecular complexity index is 372. The molecule has 1 unspecified atom stereocenters. The average Bonchev–Trinajstić information content (AvgIpc) is 2.61. The molecule has 1 atom stereocenters. The lowest BCUT2D eigenvalue weighted by Crippen LogP contribution is -2.37. The molecule has 2 heterocycles. The van der Waals surface area contributed by atoms with Crippen molar-refractivity contribution in [2.24, 2.45) is 10.7 Å². The standard InChI is InChI=1S/C7H8N4OS/c1-7(5-9-2-3-13-5)4(12)10-6(8)11-7/h2-3H,1H3,(H3,8,10,11,12). The summed E-state index contributed by atoms with van der Waals surface area (Å²) < 4.78 is 0. The van der Waals surface area contributed by atoms with Crippen LogP contribution in [-0.2, 0) is 10.3 Å². The van der Waals surface area contributed by atoms with Crippen LogP contribution >= 0.6 is 11.3 Å². The number of aliphatic imine (C=N–C) groups is 1. The van der Waals surface area contributed by atoms with Crippen molar-refractivity contribution in [1.82, 2.24) is 10.3 Å². The molecule has 0 saturated carbocycles. The van der Waals surface area contributed by atoms with E-state index in [4.69, 9.17) is 5.73 Å². The van der Waals surface area contributed by atoms with Crippen LogP contribution in [0.4, 0.5) is 0 Å². The Balaban J connectivity index is 2.47. The molecule has 0 fully saturated rings. The van der Waals surface area contributed by atoms with E-state index in [1.165, 1.54) is 11.3 Å². The zero-order chi connectivity index (χ0) is 9.47. The predicted molar refractivity (Wildman–Crippen MR) is 49.2 cm³/mol. The van der Waals surface area contributed by atoms with Gasteiger partial charge in [-0.05, 0) is 6.92 Å². The highest BCUT2D eigenvalue weighted by Gasteiger charge is 2.42. The van der Waals surface area contributed by atoms with Gasteiger partial charge in [-0.2, -0.15) is 0 Å². The van der Waals surface area contributed by atoms with Crippen LogP contribution in [0.15, 0.2) is 16.6 Å². The molecule has 1 aliphatic heterocycles. The van der Waals surface area contributed by atoms with Crippen molar-refractivity contribution in [3.05, 3.63) is 16.6 Å². The van der Waals surface area contributed by atoms with Gasteiger partial charge in [-0.1, -0.05) is 0 Å². The molecular weight excluding hydrogens is 188 g/mol. The second-order valence-electron chi connectivity index (χ2n) is 2.86. The van der Waals surface area contributed by atoms with Crippen molar-refractivity contribution < 1.29 is 4.79 Å². The maximum absolute atomic E-state index is 11.5. The van der Waals surface area contributed by atoms with Crippen LogP contribution in [0.3, 0.4) is 0 Å². The van der Waals surface area contributed by atoms with Crippen LogP contribution in [0.2, 0.25) is 0 Å². The number of rotatable bonds is 1. The number of nitrogens with two attached hydrogens (primary N) is 1. The lowest BCUT2D eigenvalue weighted by molar-refractivity contribution is -0.123. The fraction of sp³-hybridized carbons (Fsp3) is 0.286. The second-order valence-corrected chi connectivity index (χ2v) is 3.76. The summed E-state index contributed by atoms with van der Waals surface area (Å²) in [5.41, 5.74) is 4.47. The third kappa shape index (κ3) is 1.10. The summed E-state index contributed by atoms with van der Waals surface area (Å²) in [5, 5.41) is 4.91. The van der Waals surface area contributed by atoms with Gasteiger partial charge in [0, 0.05) is 11.6 Å². The van der Waals surface area contributed by atoms with Gasteiger partial charge < -0.3 is 5.73 Å². The SMILES string of the molecule is CC1(c2nccs2)N=C(N)NC1=O. The summed E-state index contributed by atoms with van der Waals surface area (Å²) in [6.07, 6.45) is 1.64. The predicted octanol–water partition coefficient (Wildman–Crippen LogP) is -0.197. The first kappa shape index (κ1) is 8.18. The zero-order valence-corrected chi connectivity index (χ0v) is 7.76. The highest BCUT2D eigenvalue weighted by atomic mass is 32.1. The number of aromatic nitrogens is 1. The molecule has 0 bridgehead atoms. The molecular formula is C7H8N4OS. The van der Waals surface area contributed by atoms with Crippen LogP contribution in [0.1, 0.15) is 11.9 Å². The molecule has 0 saturated heterocycles. The maximum atomic E-state index is 11.5. The number of thiazole rings is 1. The van der Waals surface area contributed by atoms with Crippen molar-refractivity contribution in [2.45, 2.75) is 12.5 Å². The van der Waals surface area contributed by atoms with Crippen molar-refractivity contribution in [3.63, 3.8) is 0 Å². The molecule has 1 aromatic rings. The lowest BCUT2D eigenvalue weighted by atomic mass is 10.1. The van der Waals surface area contributed by atoms with Gasteiger partial charge in [0.25, 0.3) is 5.91 Å². The highest BCUT2D eigenvalue weighted by Crippen LogP contribution is 2.29. The van der Waals surface area contributed by atoms with Gasteiger partial charge in [0.2, 0.25) is 0 Å². The van der Waals surface area contributed by atoms with Crippen molar-refractivity contribution >= 4 is 23.2 Å². The van der Waals surface area contributed by atoms with E-state index in [-0.39, 0.29) is 11.9 Å². The molecule has 3 N–H and O–H groups in total. The summed E-state index contributed by atoms with van der Waals surface area (Å²) in [6.45, 7) is 1.70.